The molecule has 0 aliphatic carbocycles. The standard InChI is InChI=1S/C19H23N3O5S/c1-4-19(2)18-21-14(15(23)17(25)22(18)9-10-27-19)16(24)20-11-12-7-5-6-8-13(12)28(3)26/h5-8,23H,4,9-11H2,1-3H3,(H,20,24). The van der Waals surface area contributed by atoms with Gasteiger partial charge in [0.2, 0.25) is 5.75 Å². The van der Waals surface area contributed by atoms with Crippen LogP contribution in [-0.4, -0.2) is 37.6 Å². The topological polar surface area (TPSA) is 111 Å². The zero-order valence-electron chi connectivity index (χ0n) is 16.0. The summed E-state index contributed by atoms with van der Waals surface area (Å²) in [5.74, 6) is -1.04. The van der Waals surface area contributed by atoms with Crippen LogP contribution in [-0.2, 0) is 34.2 Å². The smallest absolute Gasteiger partial charge is 0.296 e. The summed E-state index contributed by atoms with van der Waals surface area (Å²) in [5, 5.41) is 12.9. The number of aromatic nitrogens is 2. The SMILES string of the molecule is CCC1(C)OCCn2c1nc(C(=O)NCc1ccccc1S(C)=O)c(O)c2=O. The van der Waals surface area contributed by atoms with Crippen molar-refractivity contribution in [1.29, 1.82) is 0 Å². The molecule has 28 heavy (non-hydrogen) atoms. The van der Waals surface area contributed by atoms with Gasteiger partial charge >= 0.3 is 0 Å². The number of nitrogens with one attached hydrogen (secondary N) is 1. The molecule has 2 unspecified atom stereocenters. The summed E-state index contributed by atoms with van der Waals surface area (Å²) in [6.07, 6.45) is 2.12. The first kappa shape index (κ1) is 20.2. The molecular weight excluding hydrogens is 382 g/mol. The molecule has 2 aromatic rings. The van der Waals surface area contributed by atoms with E-state index in [2.05, 4.69) is 10.3 Å². The zero-order chi connectivity index (χ0) is 20.5. The van der Waals surface area contributed by atoms with E-state index in [0.29, 0.717) is 29.3 Å². The van der Waals surface area contributed by atoms with Crippen molar-refractivity contribution >= 4 is 16.7 Å². The summed E-state index contributed by atoms with van der Waals surface area (Å²) in [6.45, 7) is 4.39. The Balaban J connectivity index is 1.93. The molecule has 2 heterocycles. The molecule has 1 amide bonds. The van der Waals surface area contributed by atoms with E-state index < -0.39 is 33.6 Å². The summed E-state index contributed by atoms with van der Waals surface area (Å²) in [4.78, 5) is 30.1. The molecule has 1 aliphatic rings. The van der Waals surface area contributed by atoms with E-state index >= 15 is 0 Å². The van der Waals surface area contributed by atoms with Crippen LogP contribution < -0.4 is 10.9 Å². The van der Waals surface area contributed by atoms with Gasteiger partial charge in [0, 0.05) is 17.7 Å². The predicted molar refractivity (Wildman–Crippen MR) is 104 cm³/mol. The van der Waals surface area contributed by atoms with E-state index in [9.17, 15) is 18.9 Å². The fraction of sp³-hybridized carbons (Fsp3) is 0.421. The van der Waals surface area contributed by atoms with Gasteiger partial charge in [-0.1, -0.05) is 25.1 Å². The third kappa shape index (κ3) is 3.59. The number of carbonyl (C=O) groups is 1. The van der Waals surface area contributed by atoms with Crippen molar-refractivity contribution in [2.45, 2.75) is 43.9 Å². The van der Waals surface area contributed by atoms with E-state index in [0.717, 1.165) is 0 Å². The molecule has 0 saturated heterocycles. The minimum Gasteiger partial charge on any atom is -0.501 e. The molecule has 0 spiro atoms. The van der Waals surface area contributed by atoms with Crippen LogP contribution in [0.15, 0.2) is 34.0 Å². The van der Waals surface area contributed by atoms with Crippen molar-refractivity contribution in [3.05, 3.63) is 51.7 Å². The molecule has 8 nitrogen and oxygen atoms in total. The number of ether oxygens (including phenoxy) is 1. The van der Waals surface area contributed by atoms with Gasteiger partial charge < -0.3 is 15.2 Å². The van der Waals surface area contributed by atoms with Crippen molar-refractivity contribution < 1.29 is 18.8 Å². The van der Waals surface area contributed by atoms with E-state index in [1.807, 2.05) is 6.92 Å². The zero-order valence-corrected chi connectivity index (χ0v) is 16.8. The van der Waals surface area contributed by atoms with Crippen LogP contribution in [0.2, 0.25) is 0 Å². The molecule has 2 N–H and O–H groups in total. The lowest BCUT2D eigenvalue weighted by Crippen LogP contribution is -2.43. The summed E-state index contributed by atoms with van der Waals surface area (Å²) in [5.41, 5.74) is -1.12. The molecule has 0 fully saturated rings. The number of fused-ring (bicyclic) bond motifs is 1. The van der Waals surface area contributed by atoms with Gasteiger partial charge in [-0.25, -0.2) is 4.98 Å². The molecule has 1 aromatic heterocycles. The van der Waals surface area contributed by atoms with Crippen LogP contribution in [0.5, 0.6) is 5.75 Å². The van der Waals surface area contributed by atoms with Crippen molar-refractivity contribution in [2.75, 3.05) is 12.9 Å². The van der Waals surface area contributed by atoms with Gasteiger partial charge in [0.25, 0.3) is 11.5 Å². The van der Waals surface area contributed by atoms with Gasteiger partial charge in [-0.2, -0.15) is 0 Å². The minimum atomic E-state index is -1.21. The van der Waals surface area contributed by atoms with E-state index in [4.69, 9.17) is 4.74 Å². The first-order valence-electron chi connectivity index (χ1n) is 8.96. The molecule has 0 bridgehead atoms. The highest BCUT2D eigenvalue weighted by Crippen LogP contribution is 2.31. The maximum Gasteiger partial charge on any atom is 0.296 e. The van der Waals surface area contributed by atoms with Gasteiger partial charge in [0.05, 0.1) is 24.0 Å². The van der Waals surface area contributed by atoms with Gasteiger partial charge in [-0.3, -0.25) is 18.4 Å². The fourth-order valence-electron chi connectivity index (χ4n) is 3.19. The van der Waals surface area contributed by atoms with Crippen LogP contribution in [0.4, 0.5) is 0 Å². The second-order valence-electron chi connectivity index (χ2n) is 6.77. The molecule has 150 valence electrons. The molecule has 0 radical (unpaired) electrons. The lowest BCUT2D eigenvalue weighted by atomic mass is 10.00. The highest BCUT2D eigenvalue weighted by Gasteiger charge is 2.36. The minimum absolute atomic E-state index is 0.0929. The number of amides is 1. The Morgan fingerprint density at radius 3 is 2.82 bits per heavy atom. The number of aromatic hydroxyl groups is 1. The summed E-state index contributed by atoms with van der Waals surface area (Å²) < 4.78 is 19.0. The number of rotatable bonds is 5. The van der Waals surface area contributed by atoms with Crippen LogP contribution in [0.25, 0.3) is 0 Å². The lowest BCUT2D eigenvalue weighted by molar-refractivity contribution is -0.0728. The second kappa shape index (κ2) is 7.84. The Morgan fingerprint density at radius 1 is 1.43 bits per heavy atom. The van der Waals surface area contributed by atoms with Crippen LogP contribution in [0, 0.1) is 0 Å². The molecular formula is C19H23N3O5S. The average molecular weight is 405 g/mol. The predicted octanol–water partition coefficient (Wildman–Crippen LogP) is 1.27. The van der Waals surface area contributed by atoms with E-state index in [1.165, 1.54) is 4.57 Å². The van der Waals surface area contributed by atoms with Crippen LogP contribution >= 0.6 is 0 Å². The number of hydrogen-bond donors (Lipinski definition) is 2. The van der Waals surface area contributed by atoms with Crippen LogP contribution in [0.3, 0.4) is 0 Å². The molecule has 2 atom stereocenters. The average Bonchev–Trinajstić information content (AvgIpc) is 2.69. The van der Waals surface area contributed by atoms with Crippen molar-refractivity contribution in [1.82, 2.24) is 14.9 Å². The van der Waals surface area contributed by atoms with Crippen molar-refractivity contribution in [2.24, 2.45) is 0 Å². The highest BCUT2D eigenvalue weighted by molar-refractivity contribution is 7.84. The molecule has 0 saturated carbocycles. The Morgan fingerprint density at radius 2 is 2.14 bits per heavy atom. The summed E-state index contributed by atoms with van der Waals surface area (Å²) in [6, 6.07) is 7.03. The van der Waals surface area contributed by atoms with Gasteiger partial charge in [-0.05, 0) is 25.0 Å². The number of nitrogens with zero attached hydrogens (tertiary/aromatic N) is 2. The van der Waals surface area contributed by atoms with Crippen LogP contribution in [0.1, 0.15) is 42.1 Å². The van der Waals surface area contributed by atoms with Crippen molar-refractivity contribution in [3.8, 4) is 5.75 Å². The Bertz CT molecular complexity index is 1000. The Hall–Kier alpha value is -2.52. The molecule has 1 aliphatic heterocycles. The molecule has 9 heteroatoms. The lowest BCUT2D eigenvalue weighted by Gasteiger charge is -2.34. The Labute approximate surface area is 165 Å². The second-order valence-corrected chi connectivity index (χ2v) is 8.11. The van der Waals surface area contributed by atoms with E-state index in [-0.39, 0.29) is 18.8 Å². The normalized spacial score (nSPS) is 19.7. The maximum absolute atomic E-state index is 12.7. The highest BCUT2D eigenvalue weighted by atomic mass is 32.2. The summed E-state index contributed by atoms with van der Waals surface area (Å²) in [7, 11) is -1.21. The number of hydrogen-bond acceptors (Lipinski definition) is 6. The van der Waals surface area contributed by atoms with Gasteiger partial charge in [0.15, 0.2) is 5.69 Å². The van der Waals surface area contributed by atoms with Gasteiger partial charge in [0.1, 0.15) is 11.4 Å². The third-order valence-electron chi connectivity index (χ3n) is 4.97. The maximum atomic E-state index is 12.7. The molecule has 1 aromatic carbocycles. The monoisotopic (exact) mass is 405 g/mol. The first-order chi connectivity index (χ1) is 13.3. The third-order valence-corrected chi connectivity index (χ3v) is 5.98. The number of benzene rings is 1. The Kier molecular flexibility index (Phi) is 5.66. The van der Waals surface area contributed by atoms with Gasteiger partial charge in [-0.15, -0.1) is 0 Å². The first-order valence-corrected chi connectivity index (χ1v) is 10.5. The van der Waals surface area contributed by atoms with Crippen molar-refractivity contribution in [3.63, 3.8) is 0 Å². The van der Waals surface area contributed by atoms with E-state index in [1.54, 1.807) is 37.4 Å². The fourth-order valence-corrected chi connectivity index (χ4v) is 3.97. The quantitative estimate of drug-likeness (QED) is 0.775. The summed E-state index contributed by atoms with van der Waals surface area (Å²) >= 11 is 0. The number of carbonyl (C=O) groups excluding carboxylic acids is 1. The largest absolute Gasteiger partial charge is 0.501 e. The molecule has 3 rings (SSSR count).